The van der Waals surface area contributed by atoms with Crippen LogP contribution in [0.4, 0.5) is 5.82 Å². The minimum Gasteiger partial charge on any atom is -0.365 e. The largest absolute Gasteiger partial charge is 0.365 e. The third-order valence-corrected chi connectivity index (χ3v) is 5.45. The predicted molar refractivity (Wildman–Crippen MR) is 99.1 cm³/mol. The summed E-state index contributed by atoms with van der Waals surface area (Å²) in [5.74, 6) is 0.560. The molecule has 3 rings (SSSR count). The topological polar surface area (TPSA) is 72.0 Å². The van der Waals surface area contributed by atoms with Crippen LogP contribution in [0, 0.1) is 0 Å². The van der Waals surface area contributed by atoms with E-state index in [-0.39, 0.29) is 4.90 Å². The second kappa shape index (κ2) is 6.66. The van der Waals surface area contributed by atoms with Gasteiger partial charge in [0.25, 0.3) is 0 Å². The van der Waals surface area contributed by atoms with Gasteiger partial charge in [0.1, 0.15) is 12.1 Å². The lowest BCUT2D eigenvalue weighted by atomic mass is 10.2. The molecule has 1 aromatic heterocycles. The number of fused-ring (bicyclic) bond motifs is 1. The van der Waals surface area contributed by atoms with E-state index in [0.717, 1.165) is 10.0 Å². The molecular weight excluding hydrogens is 414 g/mol. The molecule has 0 aliphatic carbocycles. The van der Waals surface area contributed by atoms with E-state index < -0.39 is 9.84 Å². The van der Waals surface area contributed by atoms with Crippen molar-refractivity contribution in [3.8, 4) is 0 Å². The Morgan fingerprint density at radius 2 is 1.96 bits per heavy atom. The van der Waals surface area contributed by atoms with Crippen LogP contribution in [-0.4, -0.2) is 24.6 Å². The number of halogens is 2. The molecule has 0 amide bonds. The van der Waals surface area contributed by atoms with Gasteiger partial charge in [-0.3, -0.25) is 0 Å². The maximum Gasteiger partial charge on any atom is 0.175 e. The SMILES string of the molecule is CS(=O)(=O)c1ccc2ncnc(NCc3ccc(Br)cc3Cl)c2c1. The first kappa shape index (κ1) is 17.1. The number of hydrogen-bond donors (Lipinski definition) is 1. The number of sulfone groups is 1. The molecule has 8 heteroatoms. The number of hydrogen-bond acceptors (Lipinski definition) is 5. The molecule has 3 aromatic rings. The highest BCUT2D eigenvalue weighted by Gasteiger charge is 2.11. The third-order valence-electron chi connectivity index (χ3n) is 3.50. The molecule has 0 aliphatic heterocycles. The van der Waals surface area contributed by atoms with Crippen LogP contribution in [0.5, 0.6) is 0 Å². The average molecular weight is 427 g/mol. The Bertz CT molecular complexity index is 1030. The van der Waals surface area contributed by atoms with E-state index in [1.54, 1.807) is 18.2 Å². The van der Waals surface area contributed by atoms with Gasteiger partial charge in [0, 0.05) is 27.7 Å². The van der Waals surface area contributed by atoms with E-state index in [2.05, 4.69) is 31.2 Å². The Morgan fingerprint density at radius 1 is 1.17 bits per heavy atom. The minimum atomic E-state index is -3.30. The van der Waals surface area contributed by atoms with Crippen LogP contribution in [-0.2, 0) is 16.4 Å². The van der Waals surface area contributed by atoms with E-state index in [0.29, 0.717) is 28.3 Å². The summed E-state index contributed by atoms with van der Waals surface area (Å²) >= 11 is 9.59. The molecule has 0 unspecified atom stereocenters. The smallest absolute Gasteiger partial charge is 0.175 e. The molecule has 0 spiro atoms. The van der Waals surface area contributed by atoms with Crippen LogP contribution in [0.3, 0.4) is 0 Å². The number of nitrogens with one attached hydrogen (secondary N) is 1. The number of rotatable bonds is 4. The number of anilines is 1. The van der Waals surface area contributed by atoms with Gasteiger partial charge in [0.15, 0.2) is 9.84 Å². The first-order valence-corrected chi connectivity index (χ1v) is 10.0. The monoisotopic (exact) mass is 425 g/mol. The average Bonchev–Trinajstić information content (AvgIpc) is 2.52. The lowest BCUT2D eigenvalue weighted by Gasteiger charge is -2.10. The summed E-state index contributed by atoms with van der Waals surface area (Å²) in [6, 6.07) is 10.4. The Hall–Kier alpha value is -1.70. The van der Waals surface area contributed by atoms with E-state index in [9.17, 15) is 8.42 Å². The third kappa shape index (κ3) is 3.68. The number of aromatic nitrogens is 2. The summed E-state index contributed by atoms with van der Waals surface area (Å²) in [5, 5.41) is 4.48. The molecule has 0 fully saturated rings. The summed E-state index contributed by atoms with van der Waals surface area (Å²) in [5.41, 5.74) is 1.58. The zero-order valence-electron chi connectivity index (χ0n) is 12.6. The molecular formula is C16H13BrClN3O2S. The van der Waals surface area contributed by atoms with Gasteiger partial charge < -0.3 is 5.32 Å². The fraction of sp³-hybridized carbons (Fsp3) is 0.125. The van der Waals surface area contributed by atoms with E-state index in [4.69, 9.17) is 11.6 Å². The molecule has 0 saturated carbocycles. The molecule has 1 heterocycles. The van der Waals surface area contributed by atoms with Crippen LogP contribution in [0.25, 0.3) is 10.9 Å². The van der Waals surface area contributed by atoms with Crippen molar-refractivity contribution in [2.45, 2.75) is 11.4 Å². The second-order valence-corrected chi connectivity index (χ2v) is 8.60. The molecule has 0 aliphatic rings. The van der Waals surface area contributed by atoms with Crippen LogP contribution in [0.1, 0.15) is 5.56 Å². The van der Waals surface area contributed by atoms with Gasteiger partial charge >= 0.3 is 0 Å². The zero-order valence-corrected chi connectivity index (χ0v) is 15.8. The lowest BCUT2D eigenvalue weighted by Crippen LogP contribution is -2.04. The van der Waals surface area contributed by atoms with Crippen molar-refractivity contribution in [2.75, 3.05) is 11.6 Å². The van der Waals surface area contributed by atoms with Crippen molar-refractivity contribution in [1.29, 1.82) is 0 Å². The fourth-order valence-electron chi connectivity index (χ4n) is 2.25. The van der Waals surface area contributed by atoms with Crippen molar-refractivity contribution in [2.24, 2.45) is 0 Å². The molecule has 1 N–H and O–H groups in total. The maximum atomic E-state index is 11.8. The van der Waals surface area contributed by atoms with Crippen molar-refractivity contribution in [1.82, 2.24) is 9.97 Å². The molecule has 0 atom stereocenters. The van der Waals surface area contributed by atoms with E-state index in [1.807, 2.05) is 18.2 Å². The first-order valence-electron chi connectivity index (χ1n) is 6.97. The van der Waals surface area contributed by atoms with Gasteiger partial charge in [-0.2, -0.15) is 0 Å². The number of benzene rings is 2. The van der Waals surface area contributed by atoms with Crippen LogP contribution in [0.2, 0.25) is 5.02 Å². The van der Waals surface area contributed by atoms with Gasteiger partial charge in [0.2, 0.25) is 0 Å². The van der Waals surface area contributed by atoms with Crippen LogP contribution < -0.4 is 5.32 Å². The summed E-state index contributed by atoms with van der Waals surface area (Å²) in [6.07, 6.45) is 2.61. The molecule has 24 heavy (non-hydrogen) atoms. The predicted octanol–water partition coefficient (Wildman–Crippen LogP) is 4.06. The fourth-order valence-corrected chi connectivity index (χ4v) is 3.64. The van der Waals surface area contributed by atoms with Crippen LogP contribution in [0.15, 0.2) is 52.1 Å². The first-order chi connectivity index (χ1) is 11.3. The highest BCUT2D eigenvalue weighted by atomic mass is 79.9. The number of nitrogens with zero attached hydrogens (tertiary/aromatic N) is 2. The highest BCUT2D eigenvalue weighted by Crippen LogP contribution is 2.25. The van der Waals surface area contributed by atoms with Crippen LogP contribution >= 0.6 is 27.5 Å². The molecule has 124 valence electrons. The Labute approximate surface area is 153 Å². The lowest BCUT2D eigenvalue weighted by molar-refractivity contribution is 0.602. The van der Waals surface area contributed by atoms with Crippen molar-refractivity contribution < 1.29 is 8.42 Å². The highest BCUT2D eigenvalue weighted by molar-refractivity contribution is 9.10. The molecule has 5 nitrogen and oxygen atoms in total. The Morgan fingerprint density at radius 3 is 2.67 bits per heavy atom. The maximum absolute atomic E-state index is 11.8. The van der Waals surface area contributed by atoms with Crippen molar-refractivity contribution >= 4 is 54.1 Å². The summed E-state index contributed by atoms with van der Waals surface area (Å²) in [7, 11) is -3.30. The van der Waals surface area contributed by atoms with Gasteiger partial charge in [-0.05, 0) is 35.9 Å². The minimum absolute atomic E-state index is 0.231. The van der Waals surface area contributed by atoms with E-state index >= 15 is 0 Å². The molecule has 2 aromatic carbocycles. The van der Waals surface area contributed by atoms with Crippen molar-refractivity contribution in [3.63, 3.8) is 0 Å². The Balaban J connectivity index is 1.97. The van der Waals surface area contributed by atoms with Gasteiger partial charge in [-0.1, -0.05) is 33.6 Å². The molecule has 0 radical (unpaired) electrons. The van der Waals surface area contributed by atoms with Gasteiger partial charge in [0.05, 0.1) is 10.4 Å². The quantitative estimate of drug-likeness (QED) is 0.681. The summed E-state index contributed by atoms with van der Waals surface area (Å²) in [6.45, 7) is 0.460. The molecule has 0 bridgehead atoms. The second-order valence-electron chi connectivity index (χ2n) is 5.26. The zero-order chi connectivity index (χ0) is 17.3. The van der Waals surface area contributed by atoms with Gasteiger partial charge in [-0.25, -0.2) is 18.4 Å². The van der Waals surface area contributed by atoms with Gasteiger partial charge in [-0.15, -0.1) is 0 Å². The van der Waals surface area contributed by atoms with Crippen molar-refractivity contribution in [3.05, 3.63) is 57.8 Å². The summed E-state index contributed by atoms with van der Waals surface area (Å²) < 4.78 is 24.4. The normalized spacial score (nSPS) is 11.6. The summed E-state index contributed by atoms with van der Waals surface area (Å²) in [4.78, 5) is 8.62. The Kier molecular flexibility index (Phi) is 4.76. The standard InChI is InChI=1S/C16H13BrClN3O2S/c1-24(22,23)12-4-5-15-13(7-12)16(21-9-20-15)19-8-10-2-3-11(17)6-14(10)18/h2-7,9H,8H2,1H3,(H,19,20,21). The van der Waals surface area contributed by atoms with E-state index in [1.165, 1.54) is 12.6 Å². The molecule has 0 saturated heterocycles.